The quantitative estimate of drug-likeness (QED) is 0.267. The third kappa shape index (κ3) is 9.23. The molecule has 0 fully saturated rings. The first-order valence-corrected chi connectivity index (χ1v) is 9.60. The van der Waals surface area contributed by atoms with E-state index in [4.69, 9.17) is 23.7 Å². The van der Waals surface area contributed by atoms with Crippen LogP contribution in [0.4, 0.5) is 13.2 Å². The molecular weight excluding hydrogens is 373 g/mol. The first kappa shape index (κ1) is 21.1. The molecule has 130 valence electrons. The van der Waals surface area contributed by atoms with Crippen LogP contribution in [0.3, 0.4) is 0 Å². The minimum Gasteiger partial charge on any atom is -0.741 e. The Morgan fingerprint density at radius 2 is 1.77 bits per heavy atom. The molecule has 0 aromatic carbocycles. The second kappa shape index (κ2) is 8.13. The van der Waals surface area contributed by atoms with E-state index in [1.54, 1.807) is 0 Å². The fourth-order valence-corrected chi connectivity index (χ4v) is 2.12. The zero-order chi connectivity index (χ0) is 17.6. The van der Waals surface area contributed by atoms with Gasteiger partial charge in [0.05, 0.1) is 12.3 Å². The third-order valence-electron chi connectivity index (χ3n) is 2.30. The lowest BCUT2D eigenvalue weighted by Gasteiger charge is -2.08. The summed E-state index contributed by atoms with van der Waals surface area (Å²) in [7, 11) is -4.33. The van der Waals surface area contributed by atoms with E-state index in [2.05, 4.69) is 4.98 Å². The molecule has 0 saturated heterocycles. The average molecular weight is 387 g/mol. The highest BCUT2D eigenvalue weighted by Gasteiger charge is 2.36. The Balaban J connectivity index is 0.000000472. The number of nitrogens with zero attached hydrogens (tertiary/aromatic N) is 1. The zero-order valence-corrected chi connectivity index (χ0v) is 13.7. The van der Waals surface area contributed by atoms with Crippen molar-refractivity contribution in [1.29, 1.82) is 0 Å². The normalized spacial score (nSPS) is 12.6. The van der Waals surface area contributed by atoms with Gasteiger partial charge in [-0.25, -0.2) is 26.4 Å². The van der Waals surface area contributed by atoms with Crippen LogP contribution in [0.2, 0.25) is 0 Å². The molecule has 0 aliphatic heterocycles. The SMILES string of the molecule is Cc1[nH]cc[n+]1CCCCS(=O)(=O)Cl.O=S(=O)([O-])C(F)(F)F. The summed E-state index contributed by atoms with van der Waals surface area (Å²) in [4.78, 5) is 3.04. The Morgan fingerprint density at radius 1 is 1.27 bits per heavy atom. The molecule has 13 heteroatoms. The van der Waals surface area contributed by atoms with E-state index in [-0.39, 0.29) is 5.75 Å². The van der Waals surface area contributed by atoms with E-state index >= 15 is 0 Å². The van der Waals surface area contributed by atoms with Crippen molar-refractivity contribution in [2.24, 2.45) is 0 Å². The van der Waals surface area contributed by atoms with Gasteiger partial charge in [-0.3, -0.25) is 0 Å². The number of hydrogen-bond acceptors (Lipinski definition) is 5. The van der Waals surface area contributed by atoms with Crippen LogP contribution in [0.15, 0.2) is 12.4 Å². The van der Waals surface area contributed by atoms with Crippen molar-refractivity contribution in [3.05, 3.63) is 18.2 Å². The first-order valence-electron chi connectivity index (χ1n) is 5.72. The van der Waals surface area contributed by atoms with Crippen LogP contribution in [0.25, 0.3) is 0 Å². The smallest absolute Gasteiger partial charge is 0.485 e. The largest absolute Gasteiger partial charge is 0.741 e. The highest BCUT2D eigenvalue weighted by Crippen LogP contribution is 2.20. The van der Waals surface area contributed by atoms with Crippen LogP contribution in [0.1, 0.15) is 18.7 Å². The predicted octanol–water partition coefficient (Wildman–Crippen LogP) is 1.01. The summed E-state index contributed by atoms with van der Waals surface area (Å²) in [5.41, 5.74) is -5.65. The Labute approximate surface area is 130 Å². The number of hydrogen-bond donors (Lipinski definition) is 1. The minimum atomic E-state index is -6.09. The summed E-state index contributed by atoms with van der Waals surface area (Å²) < 4.78 is 82.2. The van der Waals surface area contributed by atoms with Gasteiger partial charge in [0.15, 0.2) is 10.1 Å². The maximum Gasteiger partial charge on any atom is 0.485 e. The molecule has 1 aromatic rings. The van der Waals surface area contributed by atoms with Gasteiger partial charge in [-0.2, -0.15) is 13.2 Å². The second-order valence-corrected chi connectivity index (χ2v) is 8.36. The fraction of sp³-hybridized carbons (Fsp3) is 0.667. The molecular formula is C9H14ClF3N2O5S2. The van der Waals surface area contributed by atoms with Gasteiger partial charge in [0.2, 0.25) is 9.05 Å². The molecule has 22 heavy (non-hydrogen) atoms. The van der Waals surface area contributed by atoms with Gasteiger partial charge in [-0.05, 0) is 12.8 Å². The lowest BCUT2D eigenvalue weighted by Crippen LogP contribution is -2.34. The van der Waals surface area contributed by atoms with Crippen molar-refractivity contribution in [2.75, 3.05) is 5.75 Å². The molecule has 1 rings (SSSR count). The van der Waals surface area contributed by atoms with Crippen molar-refractivity contribution < 1.29 is 39.1 Å². The van der Waals surface area contributed by atoms with Crippen LogP contribution >= 0.6 is 10.7 Å². The maximum atomic E-state index is 10.7. The number of aromatic nitrogens is 2. The topological polar surface area (TPSA) is 111 Å². The van der Waals surface area contributed by atoms with Gasteiger partial charge in [0.25, 0.3) is 5.82 Å². The summed E-state index contributed by atoms with van der Waals surface area (Å²) in [5, 5.41) is 0. The lowest BCUT2D eigenvalue weighted by atomic mass is 10.3. The predicted molar refractivity (Wildman–Crippen MR) is 70.4 cm³/mol. The van der Waals surface area contributed by atoms with Gasteiger partial charge >= 0.3 is 5.51 Å². The number of nitrogens with one attached hydrogen (secondary N) is 1. The summed E-state index contributed by atoms with van der Waals surface area (Å²) in [6.07, 6.45) is 5.21. The number of imidazole rings is 1. The number of aromatic amines is 1. The molecule has 0 radical (unpaired) electrons. The van der Waals surface area contributed by atoms with Crippen molar-refractivity contribution in [3.63, 3.8) is 0 Å². The Hall–Kier alpha value is -0.850. The van der Waals surface area contributed by atoms with Crippen LogP contribution in [0.5, 0.6) is 0 Å². The molecule has 7 nitrogen and oxygen atoms in total. The highest BCUT2D eigenvalue weighted by atomic mass is 35.7. The maximum absolute atomic E-state index is 10.7. The molecule has 1 heterocycles. The van der Waals surface area contributed by atoms with E-state index in [1.165, 1.54) is 0 Å². The standard InChI is InChI=1S/C8H13ClN2O2S.CHF3O3S/c1-8-10-4-6-11(8)5-2-3-7-14(9,12)13;2-1(3,4)8(5,6)7/h4,6H,2-3,5,7H2,1H3;(H,5,6,7). The van der Waals surface area contributed by atoms with E-state index in [0.717, 1.165) is 18.8 Å². The molecule has 1 aromatic heterocycles. The molecule has 0 atom stereocenters. The molecule has 0 bridgehead atoms. The van der Waals surface area contributed by atoms with Crippen LogP contribution in [-0.4, -0.2) is 37.6 Å². The molecule has 0 saturated carbocycles. The van der Waals surface area contributed by atoms with Gasteiger partial charge in [0, 0.05) is 17.6 Å². The Morgan fingerprint density at radius 3 is 2.09 bits per heavy atom. The van der Waals surface area contributed by atoms with E-state index in [9.17, 15) is 21.6 Å². The average Bonchev–Trinajstić information content (AvgIpc) is 2.67. The summed E-state index contributed by atoms with van der Waals surface area (Å²) >= 11 is 0. The van der Waals surface area contributed by atoms with Crippen molar-refractivity contribution in [2.45, 2.75) is 31.8 Å². The monoisotopic (exact) mass is 386 g/mol. The van der Waals surface area contributed by atoms with Gasteiger partial charge < -0.3 is 4.55 Å². The van der Waals surface area contributed by atoms with E-state index in [1.807, 2.05) is 23.9 Å². The second-order valence-electron chi connectivity index (χ2n) is 4.09. The van der Waals surface area contributed by atoms with Crippen LogP contribution < -0.4 is 4.57 Å². The van der Waals surface area contributed by atoms with E-state index < -0.39 is 24.7 Å². The van der Waals surface area contributed by atoms with Crippen LogP contribution in [-0.2, 0) is 25.7 Å². The Kier molecular flexibility index (Phi) is 7.81. The fourth-order valence-electron chi connectivity index (χ4n) is 1.24. The minimum absolute atomic E-state index is 0.0542. The molecule has 0 amide bonds. The van der Waals surface area contributed by atoms with Crippen molar-refractivity contribution in [3.8, 4) is 0 Å². The molecule has 0 spiro atoms. The molecule has 1 N–H and O–H groups in total. The number of H-pyrrole nitrogens is 1. The highest BCUT2D eigenvalue weighted by molar-refractivity contribution is 8.13. The number of alkyl halides is 3. The van der Waals surface area contributed by atoms with Gasteiger partial charge in [-0.15, -0.1) is 0 Å². The third-order valence-corrected chi connectivity index (χ3v) is 4.10. The van der Waals surface area contributed by atoms with Crippen molar-refractivity contribution in [1.82, 2.24) is 4.98 Å². The molecule has 0 unspecified atom stereocenters. The lowest BCUT2D eigenvalue weighted by molar-refractivity contribution is -0.701. The van der Waals surface area contributed by atoms with Crippen LogP contribution in [0, 0.1) is 6.92 Å². The van der Waals surface area contributed by atoms with E-state index in [0.29, 0.717) is 6.42 Å². The number of rotatable bonds is 5. The molecule has 0 aliphatic carbocycles. The summed E-state index contributed by atoms with van der Waals surface area (Å²) in [6, 6.07) is 0. The molecule has 0 aliphatic rings. The van der Waals surface area contributed by atoms with Crippen molar-refractivity contribution >= 4 is 29.9 Å². The summed E-state index contributed by atoms with van der Waals surface area (Å²) in [6.45, 7) is 2.79. The first-order chi connectivity index (χ1) is 9.74. The Bertz CT molecular complexity index is 670. The van der Waals surface area contributed by atoms with Gasteiger partial charge in [-0.1, -0.05) is 0 Å². The van der Waals surface area contributed by atoms with Gasteiger partial charge in [0.1, 0.15) is 12.4 Å². The zero-order valence-electron chi connectivity index (χ0n) is 11.3. The number of aryl methyl sites for hydroxylation is 2. The number of halogens is 4. The number of unbranched alkanes of at least 4 members (excludes halogenated alkanes) is 1. The summed E-state index contributed by atoms with van der Waals surface area (Å²) in [5.74, 6) is 1.12.